The normalized spacial score (nSPS) is 12.7. The maximum absolute atomic E-state index is 5.14. The van der Waals surface area contributed by atoms with Crippen LogP contribution >= 0.6 is 0 Å². The van der Waals surface area contributed by atoms with Gasteiger partial charge in [0.15, 0.2) is 17.5 Å². The molecule has 6 heteroatoms. The standard InChI is InChI=1S/3C47H32N2/c1-4-17-33(18-5-1)44-32-45(49-46(48-44)34-19-6-2-7-20-34)36-22-16-21-35(31-36)38-25-10-13-28-41(38)47(37-23-8-3-9-24-37)42-29-14-11-26-39(42)40-27-12-15-30-43(40)47;1-4-15-34(16-5-1)44-32-45(49-46(48-44)35-17-6-2-7-18-35)37-20-14-19-36(31-37)33-27-29-39(30-28-33)47(38-21-8-3-9-22-38)42-25-12-10-23-40(42)41-24-11-13-26-43(41)47;1-4-14-35(15-5-1)44-32-45(49-46(48-44)37-16-6-2-7-17-37)36-26-24-33(25-27-36)34-28-30-39(31-29-34)47(38-18-8-3-9-19-38)42-22-12-10-20-40(42)41-21-11-13-23-43(41)47/h3*1-32H. The zero-order valence-electron chi connectivity index (χ0n) is 80.6. The summed E-state index contributed by atoms with van der Waals surface area (Å²) in [6.07, 6.45) is 0. The van der Waals surface area contributed by atoms with Crippen molar-refractivity contribution >= 4 is 0 Å². The number of fused-ring (bicyclic) bond motifs is 9. The molecule has 0 aliphatic heterocycles. The van der Waals surface area contributed by atoms with Gasteiger partial charge < -0.3 is 0 Å². The van der Waals surface area contributed by atoms with Gasteiger partial charge in [-0.3, -0.25) is 0 Å². The third kappa shape index (κ3) is 16.3. The predicted octanol–water partition coefficient (Wildman–Crippen LogP) is 34.5. The second-order valence-corrected chi connectivity index (χ2v) is 37.6. The van der Waals surface area contributed by atoms with Crippen molar-refractivity contribution in [3.8, 4) is 168 Å². The lowest BCUT2D eigenvalue weighted by Gasteiger charge is -2.35. The molecular weight excluding hydrogens is 1780 g/mol. The number of hydrogen-bond acceptors (Lipinski definition) is 6. The van der Waals surface area contributed by atoms with Crippen LogP contribution in [0.25, 0.3) is 168 Å². The van der Waals surface area contributed by atoms with Gasteiger partial charge in [0.2, 0.25) is 0 Å². The smallest absolute Gasteiger partial charge is 0.160 e. The quantitative estimate of drug-likeness (QED) is 0.0852. The first-order valence-electron chi connectivity index (χ1n) is 50.3. The molecule has 690 valence electrons. The first-order valence-corrected chi connectivity index (χ1v) is 50.3. The summed E-state index contributed by atoms with van der Waals surface area (Å²) in [5.41, 5.74) is 43.7. The highest BCUT2D eigenvalue weighted by Gasteiger charge is 2.50. The highest BCUT2D eigenvalue weighted by molar-refractivity contribution is 5.93. The molecule has 0 radical (unpaired) electrons. The lowest BCUT2D eigenvalue weighted by molar-refractivity contribution is 0.768. The Morgan fingerprint density at radius 2 is 0.279 bits per heavy atom. The maximum atomic E-state index is 5.14. The van der Waals surface area contributed by atoms with Crippen LogP contribution in [0.1, 0.15) is 66.8 Å². The van der Waals surface area contributed by atoms with Gasteiger partial charge in [0, 0.05) is 50.1 Å². The molecule has 0 spiro atoms. The van der Waals surface area contributed by atoms with E-state index in [2.05, 4.69) is 485 Å². The Morgan fingerprint density at radius 1 is 0.102 bits per heavy atom. The van der Waals surface area contributed by atoms with Crippen LogP contribution < -0.4 is 0 Å². The summed E-state index contributed by atoms with van der Waals surface area (Å²) in [5.74, 6) is 2.15. The van der Waals surface area contributed by atoms with E-state index >= 15 is 0 Å². The van der Waals surface area contributed by atoms with Crippen LogP contribution in [0.3, 0.4) is 0 Å². The van der Waals surface area contributed by atoms with E-state index in [0.29, 0.717) is 5.82 Å². The van der Waals surface area contributed by atoms with Gasteiger partial charge in [-0.1, -0.05) is 552 Å². The van der Waals surface area contributed by atoms with E-state index in [9.17, 15) is 0 Å². The van der Waals surface area contributed by atoms with Crippen molar-refractivity contribution in [2.24, 2.45) is 0 Å². The van der Waals surface area contributed by atoms with Gasteiger partial charge in [0.1, 0.15) is 0 Å². The van der Waals surface area contributed by atoms with Gasteiger partial charge in [-0.05, 0) is 164 Å². The van der Waals surface area contributed by atoms with Crippen LogP contribution in [0, 0.1) is 0 Å². The van der Waals surface area contributed by atoms with E-state index < -0.39 is 16.2 Å². The van der Waals surface area contributed by atoms with E-state index in [1.807, 2.05) is 97.1 Å². The van der Waals surface area contributed by atoms with Gasteiger partial charge in [0.25, 0.3) is 0 Å². The third-order valence-corrected chi connectivity index (χ3v) is 29.4. The van der Waals surface area contributed by atoms with Gasteiger partial charge in [-0.15, -0.1) is 0 Å². The van der Waals surface area contributed by atoms with Gasteiger partial charge in [0.05, 0.1) is 50.4 Å². The van der Waals surface area contributed by atoms with E-state index in [1.54, 1.807) is 0 Å². The van der Waals surface area contributed by atoms with Crippen LogP contribution in [0.5, 0.6) is 0 Å². The second kappa shape index (κ2) is 39.0. The molecule has 3 aliphatic rings. The van der Waals surface area contributed by atoms with Crippen LogP contribution in [0.4, 0.5) is 0 Å². The highest BCUT2D eigenvalue weighted by Crippen LogP contribution is 2.61. The zero-order valence-corrected chi connectivity index (χ0v) is 80.6. The van der Waals surface area contributed by atoms with Crippen molar-refractivity contribution in [2.45, 2.75) is 16.2 Å². The molecule has 6 nitrogen and oxygen atoms in total. The molecule has 3 heterocycles. The number of aromatic nitrogens is 6. The minimum Gasteiger partial charge on any atom is -0.228 e. The minimum absolute atomic E-state index is 0.392. The summed E-state index contributed by atoms with van der Waals surface area (Å²) in [4.78, 5) is 30.2. The average molecular weight is 1870 g/mol. The Labute approximate surface area is 857 Å². The fourth-order valence-corrected chi connectivity index (χ4v) is 22.7. The number of rotatable bonds is 18. The Hall–Kier alpha value is -19.1. The number of benzene rings is 21. The van der Waals surface area contributed by atoms with Crippen LogP contribution in [-0.4, -0.2) is 29.9 Å². The van der Waals surface area contributed by atoms with Crippen molar-refractivity contribution in [1.82, 2.24) is 29.9 Å². The Morgan fingerprint density at radius 3 is 0.578 bits per heavy atom. The predicted molar refractivity (Wildman–Crippen MR) is 603 cm³/mol. The van der Waals surface area contributed by atoms with Gasteiger partial charge >= 0.3 is 0 Å². The Bertz CT molecular complexity index is 8590. The molecule has 147 heavy (non-hydrogen) atoms. The molecule has 0 amide bonds. The SMILES string of the molecule is c1ccc(-c2cc(-c3ccc(-c4ccc(C5(c6ccccc6)c6ccccc6-c6ccccc65)cc4)cc3)nc(-c3ccccc3)n2)cc1.c1ccc(-c2cc(-c3cccc(-c4ccc(C5(c6ccccc6)c6ccccc6-c6ccccc65)cc4)c3)nc(-c3ccccc3)n2)cc1.c1ccc(-c2cc(-c3cccc(-c4ccccc4C4(c5ccccc5)c5ccccc5-c5ccccc54)c3)nc(-c3ccccc3)n2)cc1. The molecule has 0 N–H and O–H groups in total. The molecule has 3 aromatic heterocycles. The molecular formula is C141H96N6. The van der Waals surface area contributed by atoms with E-state index in [0.717, 1.165) is 118 Å². The first-order chi connectivity index (χ1) is 72.9. The van der Waals surface area contributed by atoms with Crippen molar-refractivity contribution in [3.05, 3.63) is 649 Å². The minimum atomic E-state index is -0.489. The molecule has 3 aliphatic carbocycles. The fraction of sp³-hybridized carbons (Fsp3) is 0.0213. The van der Waals surface area contributed by atoms with Crippen molar-refractivity contribution in [3.63, 3.8) is 0 Å². The fourth-order valence-electron chi connectivity index (χ4n) is 22.7. The Kier molecular flexibility index (Phi) is 23.7. The Balaban J connectivity index is 0.000000115. The van der Waals surface area contributed by atoms with Crippen molar-refractivity contribution < 1.29 is 0 Å². The maximum Gasteiger partial charge on any atom is 0.160 e. The monoisotopic (exact) mass is 1870 g/mol. The van der Waals surface area contributed by atoms with Crippen molar-refractivity contribution in [1.29, 1.82) is 0 Å². The zero-order chi connectivity index (χ0) is 97.9. The molecule has 0 saturated carbocycles. The molecule has 21 aromatic carbocycles. The molecule has 27 rings (SSSR count). The highest BCUT2D eigenvalue weighted by atomic mass is 14.9. The summed E-state index contributed by atoms with van der Waals surface area (Å²) < 4.78 is 0. The van der Waals surface area contributed by atoms with E-state index in [-0.39, 0.29) is 0 Å². The van der Waals surface area contributed by atoms with Crippen LogP contribution in [0.15, 0.2) is 582 Å². The van der Waals surface area contributed by atoms with Crippen LogP contribution in [-0.2, 0) is 16.2 Å². The average Bonchev–Trinajstić information content (AvgIpc) is 1.55. The van der Waals surface area contributed by atoms with E-state index in [1.165, 1.54) is 111 Å². The summed E-state index contributed by atoms with van der Waals surface area (Å²) in [7, 11) is 0. The first kappa shape index (κ1) is 89.2. The molecule has 24 aromatic rings. The summed E-state index contributed by atoms with van der Waals surface area (Å²) in [5, 5.41) is 0. The number of nitrogens with zero attached hydrogens (tertiary/aromatic N) is 6. The van der Waals surface area contributed by atoms with Gasteiger partial charge in [-0.25, -0.2) is 29.9 Å². The molecule has 0 bridgehead atoms. The molecule has 0 fully saturated rings. The van der Waals surface area contributed by atoms with Gasteiger partial charge in [-0.2, -0.15) is 0 Å². The summed E-state index contributed by atoms with van der Waals surface area (Å²) in [6, 6.07) is 208. The summed E-state index contributed by atoms with van der Waals surface area (Å²) >= 11 is 0. The topological polar surface area (TPSA) is 77.3 Å². The lowest BCUT2D eigenvalue weighted by atomic mass is 9.66. The van der Waals surface area contributed by atoms with Crippen LogP contribution in [0.2, 0.25) is 0 Å². The molecule has 0 unspecified atom stereocenters. The lowest BCUT2D eigenvalue weighted by Crippen LogP contribution is -2.29. The van der Waals surface area contributed by atoms with Crippen molar-refractivity contribution in [2.75, 3.05) is 0 Å². The molecule has 0 atom stereocenters. The number of hydrogen-bond donors (Lipinski definition) is 0. The largest absolute Gasteiger partial charge is 0.228 e. The summed E-state index contributed by atoms with van der Waals surface area (Å²) in [6.45, 7) is 0. The third-order valence-electron chi connectivity index (χ3n) is 29.4. The molecule has 0 saturated heterocycles. The van der Waals surface area contributed by atoms with E-state index in [4.69, 9.17) is 29.9 Å². The second-order valence-electron chi connectivity index (χ2n) is 37.6.